The molecular weight excluding hydrogens is 548 g/mol. The van der Waals surface area contributed by atoms with Gasteiger partial charge < -0.3 is 19.5 Å². The van der Waals surface area contributed by atoms with Gasteiger partial charge in [-0.15, -0.1) is 0 Å². The Morgan fingerprint density at radius 3 is 2.61 bits per heavy atom. The lowest BCUT2D eigenvalue weighted by molar-refractivity contribution is -0.138. The molecule has 1 N–H and O–H groups in total. The van der Waals surface area contributed by atoms with Gasteiger partial charge in [0.05, 0.1) is 13.2 Å². The molecule has 2 aliphatic heterocycles. The zero-order valence-corrected chi connectivity index (χ0v) is 26.1. The van der Waals surface area contributed by atoms with Crippen molar-refractivity contribution in [2.75, 3.05) is 26.7 Å². The van der Waals surface area contributed by atoms with Crippen LogP contribution in [0.4, 0.5) is 0 Å². The fourth-order valence-corrected chi connectivity index (χ4v) is 8.93. The number of benzene rings is 3. The van der Waals surface area contributed by atoms with E-state index in [0.717, 1.165) is 67.6 Å². The van der Waals surface area contributed by atoms with Crippen LogP contribution in [0, 0.1) is 11.8 Å². The summed E-state index contributed by atoms with van der Waals surface area (Å²) in [5, 5.41) is 11.4. The number of nitrogens with zero attached hydrogens (tertiary/aromatic N) is 2. The number of likely N-dealkylation sites (tertiary alicyclic amines) is 1. The number of phenolic OH excluding ortho intramolecular Hbond substituents is 1. The standard InChI is InChI=1S/C38H44N2O4/c1-25(2)24-40(34(42)17-14-26-10-6-4-7-11-26)30-16-15-29-31-22-28-32(41)23-33(43-3)36-35(28)38(29,37(30)44-36)19-21-39(31)20-18-27-12-8-5-9-13-27/h4-14,17,23,25,29-31,37,41H,15-16,18-22,24H2,1-3H3/t29-,30-,31+,37-,38-/m0/s1. The number of hydrogen-bond donors (Lipinski definition) is 1. The van der Waals surface area contributed by atoms with Crippen LogP contribution in [-0.4, -0.2) is 65.7 Å². The van der Waals surface area contributed by atoms with Crippen LogP contribution in [0.25, 0.3) is 6.08 Å². The van der Waals surface area contributed by atoms with Crippen LogP contribution >= 0.6 is 0 Å². The summed E-state index contributed by atoms with van der Waals surface area (Å²) in [5.74, 6) is 2.43. The second-order valence-corrected chi connectivity index (χ2v) is 13.5. The van der Waals surface area contributed by atoms with Gasteiger partial charge in [-0.1, -0.05) is 74.5 Å². The topological polar surface area (TPSA) is 62.2 Å². The summed E-state index contributed by atoms with van der Waals surface area (Å²) in [6.45, 7) is 7.00. The van der Waals surface area contributed by atoms with Gasteiger partial charge in [-0.25, -0.2) is 0 Å². The zero-order valence-electron chi connectivity index (χ0n) is 26.1. The predicted molar refractivity (Wildman–Crippen MR) is 173 cm³/mol. The minimum atomic E-state index is -0.260. The lowest BCUT2D eigenvalue weighted by Gasteiger charge is -2.60. The number of carbonyl (C=O) groups excluding carboxylic acids is 1. The smallest absolute Gasteiger partial charge is 0.246 e. The van der Waals surface area contributed by atoms with E-state index in [0.29, 0.717) is 35.9 Å². The second kappa shape index (κ2) is 11.6. The van der Waals surface area contributed by atoms with Crippen molar-refractivity contribution in [3.63, 3.8) is 0 Å². The molecule has 2 aliphatic carbocycles. The van der Waals surface area contributed by atoms with Crippen LogP contribution in [0.2, 0.25) is 0 Å². The molecule has 230 valence electrons. The van der Waals surface area contributed by atoms with E-state index in [1.807, 2.05) is 36.4 Å². The van der Waals surface area contributed by atoms with E-state index < -0.39 is 0 Å². The summed E-state index contributed by atoms with van der Waals surface area (Å²) in [6.07, 6.45) is 8.17. The van der Waals surface area contributed by atoms with Crippen LogP contribution in [0.1, 0.15) is 55.4 Å². The number of ether oxygens (including phenoxy) is 2. The number of aromatic hydroxyl groups is 1. The lowest BCUT2D eigenvalue weighted by Crippen LogP contribution is -2.69. The van der Waals surface area contributed by atoms with E-state index in [1.54, 1.807) is 19.3 Å². The molecule has 1 spiro atoms. The summed E-state index contributed by atoms with van der Waals surface area (Å²) in [4.78, 5) is 18.8. The largest absolute Gasteiger partial charge is 0.508 e. The fraction of sp³-hybridized carbons (Fsp3) is 0.447. The van der Waals surface area contributed by atoms with Gasteiger partial charge in [-0.3, -0.25) is 9.69 Å². The monoisotopic (exact) mass is 592 g/mol. The molecule has 0 aromatic heterocycles. The van der Waals surface area contributed by atoms with Crippen molar-refractivity contribution < 1.29 is 19.4 Å². The Hall–Kier alpha value is -3.77. The minimum absolute atomic E-state index is 0.0321. The molecule has 2 heterocycles. The van der Waals surface area contributed by atoms with E-state index in [2.05, 4.69) is 54.0 Å². The molecule has 0 unspecified atom stereocenters. The molecule has 6 heteroatoms. The maximum atomic E-state index is 14.0. The van der Waals surface area contributed by atoms with Gasteiger partial charge >= 0.3 is 0 Å². The van der Waals surface area contributed by atoms with Gasteiger partial charge in [0.1, 0.15) is 11.9 Å². The Labute approximate surface area is 261 Å². The third-order valence-electron chi connectivity index (χ3n) is 10.7. The Bertz CT molecular complexity index is 1540. The summed E-state index contributed by atoms with van der Waals surface area (Å²) < 4.78 is 12.8. The van der Waals surface area contributed by atoms with Crippen molar-refractivity contribution in [3.05, 3.63) is 95.1 Å². The highest BCUT2D eigenvalue weighted by molar-refractivity contribution is 5.92. The van der Waals surface area contributed by atoms with E-state index in [-0.39, 0.29) is 23.5 Å². The van der Waals surface area contributed by atoms with Crippen LogP contribution in [0.3, 0.4) is 0 Å². The third-order valence-corrected chi connectivity index (χ3v) is 10.7. The Morgan fingerprint density at radius 1 is 1.14 bits per heavy atom. The van der Waals surface area contributed by atoms with E-state index in [9.17, 15) is 9.90 Å². The van der Waals surface area contributed by atoms with Crippen LogP contribution in [0.15, 0.2) is 72.8 Å². The van der Waals surface area contributed by atoms with Crippen molar-refractivity contribution in [2.24, 2.45) is 11.8 Å². The Morgan fingerprint density at radius 2 is 1.89 bits per heavy atom. The number of methoxy groups -OCH3 is 1. The first-order valence-electron chi connectivity index (χ1n) is 16.3. The number of carbonyl (C=O) groups is 1. The molecule has 44 heavy (non-hydrogen) atoms. The average molecular weight is 593 g/mol. The van der Waals surface area contributed by atoms with E-state index in [1.165, 1.54) is 5.56 Å². The number of piperidine rings is 1. The molecule has 0 radical (unpaired) electrons. The highest BCUT2D eigenvalue weighted by atomic mass is 16.5. The van der Waals surface area contributed by atoms with Gasteiger partial charge in [-0.05, 0) is 67.7 Å². The second-order valence-electron chi connectivity index (χ2n) is 13.5. The quantitative estimate of drug-likeness (QED) is 0.298. The highest BCUT2D eigenvalue weighted by Gasteiger charge is 2.67. The van der Waals surface area contributed by atoms with Crippen molar-refractivity contribution >= 4 is 12.0 Å². The van der Waals surface area contributed by atoms with E-state index >= 15 is 0 Å². The van der Waals surface area contributed by atoms with Gasteiger partial charge in [0.15, 0.2) is 11.5 Å². The van der Waals surface area contributed by atoms with E-state index in [4.69, 9.17) is 9.47 Å². The summed E-state index contributed by atoms with van der Waals surface area (Å²) >= 11 is 0. The summed E-state index contributed by atoms with van der Waals surface area (Å²) in [6, 6.07) is 22.7. The summed E-state index contributed by atoms with van der Waals surface area (Å²) in [7, 11) is 1.65. The lowest BCUT2D eigenvalue weighted by atomic mass is 9.50. The minimum Gasteiger partial charge on any atom is -0.508 e. The van der Waals surface area contributed by atoms with Crippen LogP contribution in [-0.2, 0) is 23.1 Å². The van der Waals surface area contributed by atoms with Gasteiger partial charge in [-0.2, -0.15) is 0 Å². The van der Waals surface area contributed by atoms with Gasteiger partial charge in [0.25, 0.3) is 0 Å². The van der Waals surface area contributed by atoms with Crippen LogP contribution < -0.4 is 9.47 Å². The molecular formula is C38H44N2O4. The van der Waals surface area contributed by atoms with Crippen molar-refractivity contribution in [1.82, 2.24) is 9.80 Å². The molecule has 2 bridgehead atoms. The molecule has 6 nitrogen and oxygen atoms in total. The number of phenols is 1. The first-order chi connectivity index (χ1) is 21.4. The molecule has 2 fully saturated rings. The molecule has 7 rings (SSSR count). The molecule has 5 atom stereocenters. The highest BCUT2D eigenvalue weighted by Crippen LogP contribution is 2.65. The van der Waals surface area contributed by atoms with Crippen molar-refractivity contribution in [2.45, 2.75) is 69.6 Å². The normalized spacial score (nSPS) is 26.8. The maximum Gasteiger partial charge on any atom is 0.246 e. The van der Waals surface area contributed by atoms with Gasteiger partial charge in [0, 0.05) is 47.8 Å². The fourth-order valence-electron chi connectivity index (χ4n) is 8.93. The van der Waals surface area contributed by atoms with Crippen molar-refractivity contribution in [3.8, 4) is 17.2 Å². The maximum absolute atomic E-state index is 14.0. The predicted octanol–water partition coefficient (Wildman–Crippen LogP) is 6.25. The van der Waals surface area contributed by atoms with Crippen molar-refractivity contribution in [1.29, 1.82) is 0 Å². The first-order valence-corrected chi connectivity index (χ1v) is 16.3. The average Bonchev–Trinajstić information content (AvgIpc) is 3.38. The molecule has 1 saturated heterocycles. The number of amides is 1. The van der Waals surface area contributed by atoms with Crippen LogP contribution in [0.5, 0.6) is 17.2 Å². The number of hydrogen-bond acceptors (Lipinski definition) is 5. The SMILES string of the molecule is COc1cc(O)c2c3c1O[C@H]1[C@@H](N(CC(C)C)C(=O)C=Cc4ccccc4)CC[C@H]4[C@@H](C2)N(CCc2ccccc2)CC[C@@]341. The number of rotatable bonds is 9. The Balaban J connectivity index is 1.26. The molecule has 1 amide bonds. The molecule has 1 saturated carbocycles. The molecule has 3 aromatic rings. The third kappa shape index (κ3) is 4.79. The first kappa shape index (κ1) is 29.0. The zero-order chi connectivity index (χ0) is 30.4. The molecule has 3 aromatic carbocycles. The summed E-state index contributed by atoms with van der Waals surface area (Å²) in [5.41, 5.74) is 4.28. The van der Waals surface area contributed by atoms with Gasteiger partial charge in [0.2, 0.25) is 5.91 Å². The Kier molecular flexibility index (Phi) is 7.65. The molecule has 4 aliphatic rings.